The first-order chi connectivity index (χ1) is 9.16. The molecule has 2 saturated carbocycles. The Labute approximate surface area is 133 Å². The van der Waals surface area contributed by atoms with Crippen LogP contribution >= 0.6 is 0 Å². The summed E-state index contributed by atoms with van der Waals surface area (Å²) in [5, 5.41) is 9.49. The number of carbonyl (C=O) groups excluding carboxylic acids is 1. The molecule has 0 aliphatic heterocycles. The summed E-state index contributed by atoms with van der Waals surface area (Å²) in [6.45, 7) is 1.92. The normalized spacial score (nSPS) is 21.4. The van der Waals surface area contributed by atoms with E-state index in [1.165, 1.54) is 0 Å². The maximum atomic E-state index is 11.1. The molecule has 2 fully saturated rings. The molecular formula is C15H19FeNO3+2. The number of esters is 1. The number of hydrogen-bond acceptors (Lipinski definition) is 4. The predicted molar refractivity (Wildman–Crippen MR) is 72.6 cm³/mol. The molecule has 4 nitrogen and oxygen atoms in total. The fraction of sp³-hybridized carbons (Fsp3) is 0.267. The van der Waals surface area contributed by atoms with Gasteiger partial charge in [-0.1, -0.05) is 0 Å². The maximum absolute atomic E-state index is 11.1. The van der Waals surface area contributed by atoms with Gasteiger partial charge in [0, 0.05) is 12.0 Å². The molecule has 3 N–H and O–H groups in total. The zero-order chi connectivity index (χ0) is 14.1. The van der Waals surface area contributed by atoms with Gasteiger partial charge in [0.15, 0.2) is 6.10 Å². The van der Waals surface area contributed by atoms with E-state index < -0.39 is 18.1 Å². The standard InChI is InChI=1S/C10H14NO3.C5H5.Fe/c1-2-14-10(13)9(12)8(11)7-5-3-4-6-7;1-2-4-5-3-1;/h3-6,8-9,12H,2,11H2,1H3;1-5H;/q;;+2/t8-,9+;;/m1../s1. The van der Waals surface area contributed by atoms with Crippen molar-refractivity contribution in [1.82, 2.24) is 0 Å². The molecule has 0 amide bonds. The van der Waals surface area contributed by atoms with Crippen molar-refractivity contribution in [3.8, 4) is 0 Å². The first kappa shape index (κ1) is 19.9. The number of ether oxygens (including phenoxy) is 1. The van der Waals surface area contributed by atoms with Gasteiger partial charge in [-0.3, -0.25) is 0 Å². The number of rotatable bonds is 4. The van der Waals surface area contributed by atoms with Gasteiger partial charge in [0.2, 0.25) is 0 Å². The summed E-state index contributed by atoms with van der Waals surface area (Å²) in [5.74, 6) is 0.0479. The van der Waals surface area contributed by atoms with E-state index in [2.05, 4.69) is 4.74 Å². The molecule has 2 aliphatic carbocycles. The third-order valence-electron chi connectivity index (χ3n) is 2.50. The first-order valence-corrected chi connectivity index (χ1v) is 6.15. The van der Waals surface area contributed by atoms with Crippen LogP contribution in [0.3, 0.4) is 0 Å². The van der Waals surface area contributed by atoms with Crippen LogP contribution in [0.4, 0.5) is 0 Å². The number of aliphatic hydroxyl groups is 1. The van der Waals surface area contributed by atoms with E-state index in [1.807, 2.05) is 32.1 Å². The van der Waals surface area contributed by atoms with Crippen LogP contribution in [0.1, 0.15) is 6.92 Å². The van der Waals surface area contributed by atoms with Crippen LogP contribution in [0.5, 0.6) is 0 Å². The maximum Gasteiger partial charge on any atom is 2.00 e. The van der Waals surface area contributed by atoms with E-state index in [0.29, 0.717) is 0 Å². The molecule has 0 spiro atoms. The molecule has 108 valence electrons. The van der Waals surface area contributed by atoms with Gasteiger partial charge in [-0.25, -0.2) is 4.79 Å². The Morgan fingerprint density at radius 2 is 1.60 bits per heavy atom. The molecule has 2 aliphatic rings. The van der Waals surface area contributed by atoms with Crippen molar-refractivity contribution in [1.29, 1.82) is 0 Å². The summed E-state index contributed by atoms with van der Waals surface area (Å²) in [4.78, 5) is 11.1. The molecule has 0 saturated heterocycles. The van der Waals surface area contributed by atoms with Crippen LogP contribution in [0, 0.1) is 63.7 Å². The summed E-state index contributed by atoms with van der Waals surface area (Å²) < 4.78 is 4.65. The number of carbonyl (C=O) groups is 1. The largest absolute Gasteiger partial charge is 2.00 e. The van der Waals surface area contributed by atoms with Gasteiger partial charge in [0.1, 0.15) is 0 Å². The fourth-order valence-corrected chi connectivity index (χ4v) is 1.49. The second kappa shape index (κ2) is 11.6. The Morgan fingerprint density at radius 3 is 2.00 bits per heavy atom. The summed E-state index contributed by atoms with van der Waals surface area (Å²) in [6.07, 6.45) is 15.8. The monoisotopic (exact) mass is 317 g/mol. The molecule has 0 bridgehead atoms. The Kier molecular flexibility index (Phi) is 11.5. The fourth-order valence-electron chi connectivity index (χ4n) is 1.49. The van der Waals surface area contributed by atoms with Gasteiger partial charge in [-0.05, 0) is 64.7 Å². The number of aliphatic hydroxyl groups excluding tert-OH is 1. The second-order valence-electron chi connectivity index (χ2n) is 3.90. The topological polar surface area (TPSA) is 72.5 Å². The van der Waals surface area contributed by atoms with E-state index in [1.54, 1.807) is 32.6 Å². The zero-order valence-electron chi connectivity index (χ0n) is 11.3. The Bertz CT molecular complexity index is 246. The summed E-state index contributed by atoms with van der Waals surface area (Å²) in [5.41, 5.74) is 5.66. The van der Waals surface area contributed by atoms with Crippen LogP contribution in [0.15, 0.2) is 0 Å². The average Bonchev–Trinajstić information content (AvgIpc) is 3.11. The minimum absolute atomic E-state index is 0. The van der Waals surface area contributed by atoms with Gasteiger partial charge >= 0.3 is 23.0 Å². The molecule has 0 aromatic heterocycles. The van der Waals surface area contributed by atoms with Gasteiger partial charge in [-0.2, -0.15) is 0 Å². The van der Waals surface area contributed by atoms with E-state index in [0.717, 1.165) is 5.92 Å². The van der Waals surface area contributed by atoms with Crippen molar-refractivity contribution >= 4 is 5.97 Å². The predicted octanol–water partition coefficient (Wildman–Crippen LogP) is 0.662. The van der Waals surface area contributed by atoms with Crippen LogP contribution < -0.4 is 5.73 Å². The van der Waals surface area contributed by atoms with E-state index in [4.69, 9.17) is 5.73 Å². The van der Waals surface area contributed by atoms with Crippen LogP contribution in [0.2, 0.25) is 0 Å². The third-order valence-corrected chi connectivity index (χ3v) is 2.50. The second-order valence-corrected chi connectivity index (χ2v) is 3.90. The smallest absolute Gasteiger partial charge is 0.464 e. The minimum Gasteiger partial charge on any atom is -0.464 e. The van der Waals surface area contributed by atoms with E-state index in [9.17, 15) is 9.90 Å². The first-order valence-electron chi connectivity index (χ1n) is 6.15. The van der Waals surface area contributed by atoms with Gasteiger partial charge in [0.05, 0.1) is 6.61 Å². The van der Waals surface area contributed by atoms with Crippen molar-refractivity contribution in [3.63, 3.8) is 0 Å². The van der Waals surface area contributed by atoms with Gasteiger partial charge < -0.3 is 15.6 Å². The van der Waals surface area contributed by atoms with E-state index >= 15 is 0 Å². The molecule has 2 rings (SSSR count). The molecule has 5 heteroatoms. The number of nitrogens with two attached hydrogens (primary N) is 1. The molecule has 20 heavy (non-hydrogen) atoms. The molecule has 0 unspecified atom stereocenters. The molecule has 0 aromatic rings. The Hall–Kier alpha value is -0.0905. The number of hydrogen-bond donors (Lipinski definition) is 2. The zero-order valence-corrected chi connectivity index (χ0v) is 12.4. The quantitative estimate of drug-likeness (QED) is 0.590. The molecule has 0 heterocycles. The minimum atomic E-state index is -1.29. The SMILES string of the molecule is CCOC(=O)[C@@H](O)[C@H](N)[C]1[CH][CH][CH][CH]1.[CH]1[CH][CH][CH][CH]1.[Fe+2]. The van der Waals surface area contributed by atoms with Crippen LogP contribution in [-0.4, -0.2) is 29.8 Å². The van der Waals surface area contributed by atoms with E-state index in [-0.39, 0.29) is 23.7 Å². The summed E-state index contributed by atoms with van der Waals surface area (Å²) in [6, 6.07) is -0.718. The van der Waals surface area contributed by atoms with Gasteiger partial charge in [0.25, 0.3) is 0 Å². The van der Waals surface area contributed by atoms with Crippen molar-refractivity contribution < 1.29 is 31.7 Å². The Balaban J connectivity index is 0.000000507. The average molecular weight is 317 g/mol. The Morgan fingerprint density at radius 1 is 1.15 bits per heavy atom. The summed E-state index contributed by atoms with van der Waals surface area (Å²) >= 11 is 0. The van der Waals surface area contributed by atoms with Gasteiger partial charge in [-0.15, -0.1) is 0 Å². The van der Waals surface area contributed by atoms with Crippen LogP contribution in [-0.2, 0) is 26.6 Å². The molecule has 2 atom stereocenters. The summed E-state index contributed by atoms with van der Waals surface area (Å²) in [7, 11) is 0. The van der Waals surface area contributed by atoms with Crippen molar-refractivity contribution in [2.24, 2.45) is 5.73 Å². The molecule has 0 aromatic carbocycles. The molecular weight excluding hydrogens is 298 g/mol. The van der Waals surface area contributed by atoms with Crippen molar-refractivity contribution in [2.75, 3.05) is 6.61 Å². The van der Waals surface area contributed by atoms with Crippen molar-refractivity contribution in [3.05, 3.63) is 63.7 Å². The molecule has 10 radical (unpaired) electrons. The van der Waals surface area contributed by atoms with Crippen molar-refractivity contribution in [2.45, 2.75) is 19.1 Å². The van der Waals surface area contributed by atoms with Crippen LogP contribution in [0.25, 0.3) is 0 Å². The third kappa shape index (κ3) is 7.07.